The second-order valence-corrected chi connectivity index (χ2v) is 10.9. The smallest absolute Gasteiger partial charge is 0.305 e. The Morgan fingerprint density at radius 1 is 1.04 bits per heavy atom. The topological polar surface area (TPSA) is 26.3 Å². The number of carbonyl (C=O) groups excluding carboxylic acids is 1. The van der Waals surface area contributed by atoms with Gasteiger partial charge >= 0.3 is 5.97 Å². The zero-order valence-corrected chi connectivity index (χ0v) is 18.0. The Bertz CT molecular complexity index is 595. The van der Waals surface area contributed by atoms with Crippen molar-refractivity contribution in [3.63, 3.8) is 0 Å². The second kappa shape index (κ2) is 7.23. The molecule has 3 fully saturated rings. The van der Waals surface area contributed by atoms with E-state index in [-0.39, 0.29) is 5.97 Å². The molecule has 0 N–H and O–H groups in total. The third-order valence-electron chi connectivity index (χ3n) is 9.86. The maximum absolute atomic E-state index is 11.6. The molecule has 0 aromatic heterocycles. The third-order valence-corrected chi connectivity index (χ3v) is 9.86. The molecule has 0 saturated heterocycles. The molecule has 152 valence electrons. The molecular formula is C25H40O2. The van der Waals surface area contributed by atoms with Gasteiger partial charge in [0.1, 0.15) is 0 Å². The number of carbonyl (C=O) groups is 1. The highest BCUT2D eigenvalue weighted by Crippen LogP contribution is 2.66. The molecule has 27 heavy (non-hydrogen) atoms. The fraction of sp³-hybridized carbons (Fsp3) is 0.880. The van der Waals surface area contributed by atoms with Gasteiger partial charge < -0.3 is 4.74 Å². The summed E-state index contributed by atoms with van der Waals surface area (Å²) in [7, 11) is 1.51. The number of esters is 1. The average molecular weight is 373 g/mol. The summed E-state index contributed by atoms with van der Waals surface area (Å²) in [5, 5.41) is 0. The molecule has 0 spiro atoms. The molecule has 0 unspecified atom stereocenters. The quantitative estimate of drug-likeness (QED) is 0.421. The van der Waals surface area contributed by atoms with Crippen LogP contribution in [-0.4, -0.2) is 13.1 Å². The van der Waals surface area contributed by atoms with Crippen molar-refractivity contribution in [2.24, 2.45) is 46.3 Å². The van der Waals surface area contributed by atoms with E-state index in [9.17, 15) is 4.79 Å². The number of methoxy groups -OCH3 is 1. The number of fused-ring (bicyclic) bond motifs is 5. The molecule has 0 amide bonds. The SMILES string of the molecule is COC(=O)CC[C@H](C)[C@H]1CC[C@H]2[C@@H]3C=C[C@@H]4CCCC[C@]4(C)[C@H]3CC[C@]12C. The highest BCUT2D eigenvalue weighted by Gasteiger charge is 2.58. The van der Waals surface area contributed by atoms with Gasteiger partial charge in [0.25, 0.3) is 0 Å². The van der Waals surface area contributed by atoms with Gasteiger partial charge in [-0.25, -0.2) is 0 Å². The van der Waals surface area contributed by atoms with Crippen LogP contribution in [0.5, 0.6) is 0 Å². The first-order chi connectivity index (χ1) is 12.9. The molecule has 4 aliphatic carbocycles. The van der Waals surface area contributed by atoms with Crippen LogP contribution >= 0.6 is 0 Å². The van der Waals surface area contributed by atoms with Gasteiger partial charge in [-0.15, -0.1) is 0 Å². The van der Waals surface area contributed by atoms with E-state index in [0.29, 0.717) is 23.2 Å². The highest BCUT2D eigenvalue weighted by atomic mass is 16.5. The second-order valence-electron chi connectivity index (χ2n) is 10.9. The van der Waals surface area contributed by atoms with Crippen LogP contribution in [0.3, 0.4) is 0 Å². The van der Waals surface area contributed by atoms with E-state index in [4.69, 9.17) is 4.74 Å². The maximum Gasteiger partial charge on any atom is 0.305 e. The summed E-state index contributed by atoms with van der Waals surface area (Å²) in [6.07, 6.45) is 18.2. The van der Waals surface area contributed by atoms with Gasteiger partial charge in [0, 0.05) is 6.42 Å². The molecule has 2 heteroatoms. The lowest BCUT2D eigenvalue weighted by Crippen LogP contribution is -2.51. The largest absolute Gasteiger partial charge is 0.469 e. The first-order valence-corrected chi connectivity index (χ1v) is 11.7. The molecule has 0 radical (unpaired) electrons. The number of allylic oxidation sites excluding steroid dienone is 2. The van der Waals surface area contributed by atoms with E-state index in [2.05, 4.69) is 32.9 Å². The van der Waals surface area contributed by atoms with Crippen LogP contribution in [0.15, 0.2) is 12.2 Å². The Labute approximate surface area is 166 Å². The minimum atomic E-state index is -0.0447. The van der Waals surface area contributed by atoms with Gasteiger partial charge in [-0.2, -0.15) is 0 Å². The zero-order chi connectivity index (χ0) is 19.2. The minimum Gasteiger partial charge on any atom is -0.469 e. The van der Waals surface area contributed by atoms with E-state index in [1.165, 1.54) is 58.5 Å². The van der Waals surface area contributed by atoms with E-state index < -0.39 is 0 Å². The summed E-state index contributed by atoms with van der Waals surface area (Å²) in [5.74, 6) is 4.78. The molecule has 0 aliphatic heterocycles. The van der Waals surface area contributed by atoms with Crippen LogP contribution in [0.1, 0.15) is 85.0 Å². The van der Waals surface area contributed by atoms with Gasteiger partial charge in [-0.1, -0.05) is 45.8 Å². The van der Waals surface area contributed by atoms with E-state index in [1.807, 2.05) is 0 Å². The van der Waals surface area contributed by atoms with Gasteiger partial charge in [0.2, 0.25) is 0 Å². The lowest BCUT2D eigenvalue weighted by molar-refractivity contribution is -0.141. The molecule has 3 saturated carbocycles. The summed E-state index contributed by atoms with van der Waals surface area (Å²) < 4.78 is 4.88. The summed E-state index contributed by atoms with van der Waals surface area (Å²) >= 11 is 0. The fourth-order valence-electron chi connectivity index (χ4n) is 8.28. The minimum absolute atomic E-state index is 0.0447. The number of hydrogen-bond acceptors (Lipinski definition) is 2. The lowest BCUT2D eigenvalue weighted by Gasteiger charge is -2.58. The van der Waals surface area contributed by atoms with Crippen molar-refractivity contribution in [2.45, 2.75) is 85.0 Å². The van der Waals surface area contributed by atoms with Gasteiger partial charge in [0.05, 0.1) is 7.11 Å². The van der Waals surface area contributed by atoms with Crippen molar-refractivity contribution in [1.29, 1.82) is 0 Å². The Morgan fingerprint density at radius 2 is 1.81 bits per heavy atom. The van der Waals surface area contributed by atoms with Crippen molar-refractivity contribution >= 4 is 5.97 Å². The Morgan fingerprint density at radius 3 is 2.59 bits per heavy atom. The van der Waals surface area contributed by atoms with Crippen LogP contribution in [0, 0.1) is 46.3 Å². The Kier molecular flexibility index (Phi) is 5.23. The molecule has 0 aromatic rings. The van der Waals surface area contributed by atoms with Crippen LogP contribution in [-0.2, 0) is 9.53 Å². The third kappa shape index (κ3) is 3.10. The molecule has 4 aliphatic rings. The van der Waals surface area contributed by atoms with Crippen LogP contribution in [0.2, 0.25) is 0 Å². The molecule has 2 nitrogen and oxygen atoms in total. The molecule has 0 bridgehead atoms. The summed E-state index contributed by atoms with van der Waals surface area (Å²) in [4.78, 5) is 11.6. The van der Waals surface area contributed by atoms with Crippen molar-refractivity contribution in [2.75, 3.05) is 7.11 Å². The monoisotopic (exact) mass is 372 g/mol. The van der Waals surface area contributed by atoms with Crippen molar-refractivity contribution in [1.82, 2.24) is 0 Å². The highest BCUT2D eigenvalue weighted by molar-refractivity contribution is 5.69. The Balaban J connectivity index is 1.52. The summed E-state index contributed by atoms with van der Waals surface area (Å²) in [6.45, 7) is 7.62. The Hall–Kier alpha value is -0.790. The van der Waals surface area contributed by atoms with E-state index >= 15 is 0 Å². The van der Waals surface area contributed by atoms with Crippen molar-refractivity contribution in [3.8, 4) is 0 Å². The molecule has 8 atom stereocenters. The normalized spacial score (nSPS) is 46.9. The molecular weight excluding hydrogens is 332 g/mol. The molecule has 0 heterocycles. The summed E-state index contributed by atoms with van der Waals surface area (Å²) in [6, 6.07) is 0. The molecule has 4 rings (SSSR count). The predicted molar refractivity (Wildman–Crippen MR) is 110 cm³/mol. The van der Waals surface area contributed by atoms with Gasteiger partial charge in [-0.3, -0.25) is 4.79 Å². The number of ether oxygens (including phenoxy) is 1. The van der Waals surface area contributed by atoms with Crippen molar-refractivity contribution in [3.05, 3.63) is 12.2 Å². The zero-order valence-electron chi connectivity index (χ0n) is 18.0. The lowest BCUT2D eigenvalue weighted by atomic mass is 9.46. The summed E-state index contributed by atoms with van der Waals surface area (Å²) in [5.41, 5.74) is 1.03. The van der Waals surface area contributed by atoms with Gasteiger partial charge in [0.15, 0.2) is 0 Å². The predicted octanol–water partition coefficient (Wildman–Crippen LogP) is 6.40. The van der Waals surface area contributed by atoms with E-state index in [0.717, 1.165) is 36.0 Å². The maximum atomic E-state index is 11.6. The van der Waals surface area contributed by atoms with Crippen LogP contribution in [0.4, 0.5) is 0 Å². The number of hydrogen-bond donors (Lipinski definition) is 0. The standard InChI is InChI=1S/C25H40O2/c1-17(8-13-23(26)27-4)20-11-12-21-19-10-9-18-7-5-6-15-24(18,2)22(19)14-16-25(20,21)3/h9-10,17-22H,5-8,11-16H2,1-4H3/t17-,18-,19-,20+,21-,22-,24-,25+/m0/s1. The van der Waals surface area contributed by atoms with Gasteiger partial charge in [-0.05, 0) is 91.3 Å². The first-order valence-electron chi connectivity index (χ1n) is 11.7. The molecule has 0 aromatic carbocycles. The van der Waals surface area contributed by atoms with Crippen molar-refractivity contribution < 1.29 is 9.53 Å². The fourth-order valence-corrected chi connectivity index (χ4v) is 8.28. The van der Waals surface area contributed by atoms with Crippen LogP contribution in [0.25, 0.3) is 0 Å². The first kappa shape index (κ1) is 19.5. The number of rotatable bonds is 4. The average Bonchev–Trinajstić information content (AvgIpc) is 3.02. The van der Waals surface area contributed by atoms with Crippen LogP contribution < -0.4 is 0 Å². The van der Waals surface area contributed by atoms with E-state index in [1.54, 1.807) is 0 Å².